The minimum absolute atomic E-state index is 1.13. The molecule has 0 bridgehead atoms. The monoisotopic (exact) mass is 686 g/mol. The van der Waals surface area contributed by atoms with Gasteiger partial charge in [0.25, 0.3) is 0 Å². The van der Waals surface area contributed by atoms with Gasteiger partial charge >= 0.3 is 0 Å². The van der Waals surface area contributed by atoms with Gasteiger partial charge in [0.1, 0.15) is 0 Å². The fraction of sp³-hybridized carbons (Fsp3) is 0. The maximum atomic E-state index is 2.48. The molecule has 0 spiro atoms. The second-order valence-electron chi connectivity index (χ2n) is 14.1. The van der Waals surface area contributed by atoms with Crippen molar-refractivity contribution in [1.82, 2.24) is 9.13 Å². The van der Waals surface area contributed by atoms with E-state index in [0.717, 1.165) is 11.4 Å². The van der Waals surface area contributed by atoms with E-state index in [1.807, 2.05) is 0 Å². The predicted molar refractivity (Wildman–Crippen MR) is 229 cm³/mol. The zero-order valence-corrected chi connectivity index (χ0v) is 29.5. The number of hydrogen-bond donors (Lipinski definition) is 0. The summed E-state index contributed by atoms with van der Waals surface area (Å²) < 4.78 is 4.90. The lowest BCUT2D eigenvalue weighted by atomic mass is 9.94. The Labute approximate surface area is 313 Å². The lowest BCUT2D eigenvalue weighted by Crippen LogP contribution is -1.98. The quantitative estimate of drug-likeness (QED) is 0.171. The van der Waals surface area contributed by atoms with E-state index in [9.17, 15) is 0 Å². The number of hydrogen-bond acceptors (Lipinski definition) is 0. The third kappa shape index (κ3) is 4.74. The molecule has 0 aliphatic heterocycles. The van der Waals surface area contributed by atoms with Crippen molar-refractivity contribution >= 4 is 54.3 Å². The molecule has 0 atom stereocenters. The summed E-state index contributed by atoms with van der Waals surface area (Å²) in [6.45, 7) is 0. The van der Waals surface area contributed by atoms with E-state index in [0.29, 0.717) is 0 Å². The van der Waals surface area contributed by atoms with Crippen LogP contribution < -0.4 is 0 Å². The van der Waals surface area contributed by atoms with Gasteiger partial charge in [-0.2, -0.15) is 0 Å². The topological polar surface area (TPSA) is 9.86 Å². The van der Waals surface area contributed by atoms with E-state index >= 15 is 0 Å². The molecule has 0 aliphatic rings. The highest BCUT2D eigenvalue weighted by Gasteiger charge is 2.23. The van der Waals surface area contributed by atoms with Gasteiger partial charge in [-0.25, -0.2) is 0 Å². The largest absolute Gasteiger partial charge is 0.309 e. The van der Waals surface area contributed by atoms with Gasteiger partial charge in [0.2, 0.25) is 0 Å². The molecule has 2 heteroatoms. The SMILES string of the molecule is c1ccc(-n2c(-c3ccc4ccccc4c3)c(-c3cccc(-n4c5ccccc5c5ccccc54)c3)c3ccc(-c4cccc5ccccc45)cc32)cc1. The predicted octanol–water partition coefficient (Wildman–Crippen LogP) is 14.0. The zero-order valence-electron chi connectivity index (χ0n) is 29.5. The van der Waals surface area contributed by atoms with Crippen LogP contribution in [0.2, 0.25) is 0 Å². The third-order valence-electron chi connectivity index (χ3n) is 11.1. The smallest absolute Gasteiger partial charge is 0.0619 e. The van der Waals surface area contributed by atoms with Crippen molar-refractivity contribution in [3.8, 4) is 44.9 Å². The van der Waals surface area contributed by atoms with Crippen LogP contribution in [0.5, 0.6) is 0 Å². The molecule has 0 unspecified atom stereocenters. The van der Waals surface area contributed by atoms with Crippen molar-refractivity contribution in [3.05, 3.63) is 206 Å². The Balaban J connectivity index is 1.24. The molecule has 2 aromatic heterocycles. The minimum Gasteiger partial charge on any atom is -0.309 e. The third-order valence-corrected chi connectivity index (χ3v) is 11.1. The molecule has 0 saturated carbocycles. The van der Waals surface area contributed by atoms with Crippen LogP contribution in [-0.4, -0.2) is 9.13 Å². The van der Waals surface area contributed by atoms with Crippen LogP contribution in [0, 0.1) is 0 Å². The summed E-state index contributed by atoms with van der Waals surface area (Å²) in [4.78, 5) is 0. The molecule has 0 fully saturated rings. The van der Waals surface area contributed by atoms with Crippen molar-refractivity contribution in [1.29, 1.82) is 0 Å². The molecule has 11 rings (SSSR count). The first kappa shape index (κ1) is 30.5. The minimum atomic E-state index is 1.13. The van der Waals surface area contributed by atoms with Crippen LogP contribution >= 0.6 is 0 Å². The van der Waals surface area contributed by atoms with E-state index in [4.69, 9.17) is 0 Å². The summed E-state index contributed by atoms with van der Waals surface area (Å²) in [7, 11) is 0. The number of para-hydroxylation sites is 3. The van der Waals surface area contributed by atoms with E-state index in [1.165, 1.54) is 87.8 Å². The fourth-order valence-electron chi connectivity index (χ4n) is 8.68. The molecule has 0 aliphatic carbocycles. The number of nitrogens with zero attached hydrogens (tertiary/aromatic N) is 2. The molecule has 11 aromatic rings. The molecule has 0 saturated heterocycles. The Hall–Kier alpha value is -7.16. The van der Waals surface area contributed by atoms with Gasteiger partial charge in [-0.05, 0) is 92.3 Å². The number of rotatable bonds is 5. The van der Waals surface area contributed by atoms with Crippen LogP contribution in [0.15, 0.2) is 206 Å². The Bertz CT molecular complexity index is 3160. The van der Waals surface area contributed by atoms with Gasteiger partial charge in [0.15, 0.2) is 0 Å². The summed E-state index contributed by atoms with van der Waals surface area (Å²) in [6, 6.07) is 75.4. The van der Waals surface area contributed by atoms with Gasteiger partial charge in [-0.3, -0.25) is 0 Å². The van der Waals surface area contributed by atoms with Gasteiger partial charge in [0, 0.05) is 33.1 Å². The highest BCUT2D eigenvalue weighted by Crippen LogP contribution is 2.46. The van der Waals surface area contributed by atoms with E-state index in [2.05, 4.69) is 215 Å². The molecular weight excluding hydrogens is 653 g/mol. The van der Waals surface area contributed by atoms with Gasteiger partial charge in [-0.1, -0.05) is 158 Å². The Morgan fingerprint density at radius 2 is 0.889 bits per heavy atom. The second kappa shape index (κ2) is 12.2. The fourth-order valence-corrected chi connectivity index (χ4v) is 8.68. The van der Waals surface area contributed by atoms with E-state index in [-0.39, 0.29) is 0 Å². The molecule has 9 aromatic carbocycles. The number of fused-ring (bicyclic) bond motifs is 6. The van der Waals surface area contributed by atoms with Crippen LogP contribution in [0.1, 0.15) is 0 Å². The maximum absolute atomic E-state index is 2.48. The molecule has 2 heterocycles. The molecule has 0 N–H and O–H groups in total. The molecule has 0 amide bonds. The maximum Gasteiger partial charge on any atom is 0.0619 e. The average molecular weight is 687 g/mol. The van der Waals surface area contributed by atoms with Gasteiger partial charge in [0.05, 0.1) is 22.2 Å². The summed E-state index contributed by atoms with van der Waals surface area (Å²) in [5.74, 6) is 0. The summed E-state index contributed by atoms with van der Waals surface area (Å²) in [5, 5.41) is 8.69. The van der Waals surface area contributed by atoms with Gasteiger partial charge < -0.3 is 9.13 Å². The first-order valence-corrected chi connectivity index (χ1v) is 18.6. The van der Waals surface area contributed by atoms with Crippen molar-refractivity contribution < 1.29 is 0 Å². The Kier molecular flexibility index (Phi) is 6.90. The first-order valence-electron chi connectivity index (χ1n) is 18.6. The van der Waals surface area contributed by atoms with Crippen molar-refractivity contribution in [2.24, 2.45) is 0 Å². The van der Waals surface area contributed by atoms with E-state index < -0.39 is 0 Å². The average Bonchev–Trinajstić information content (AvgIpc) is 3.77. The second-order valence-corrected chi connectivity index (χ2v) is 14.1. The molecule has 252 valence electrons. The van der Waals surface area contributed by atoms with Crippen molar-refractivity contribution in [2.75, 3.05) is 0 Å². The lowest BCUT2D eigenvalue weighted by Gasteiger charge is -2.15. The Morgan fingerprint density at radius 3 is 1.69 bits per heavy atom. The highest BCUT2D eigenvalue weighted by atomic mass is 15.0. The number of benzene rings is 9. The molecule has 54 heavy (non-hydrogen) atoms. The van der Waals surface area contributed by atoms with E-state index in [1.54, 1.807) is 0 Å². The number of aromatic nitrogens is 2. The van der Waals surface area contributed by atoms with Crippen LogP contribution in [0.4, 0.5) is 0 Å². The van der Waals surface area contributed by atoms with Crippen molar-refractivity contribution in [2.45, 2.75) is 0 Å². The normalized spacial score (nSPS) is 11.7. The highest BCUT2D eigenvalue weighted by molar-refractivity contribution is 6.11. The molecular formula is C52H34N2. The molecule has 0 radical (unpaired) electrons. The summed E-state index contributed by atoms with van der Waals surface area (Å²) in [5.41, 5.74) is 13.0. The Morgan fingerprint density at radius 1 is 0.278 bits per heavy atom. The van der Waals surface area contributed by atoms with Crippen LogP contribution in [0.25, 0.3) is 99.1 Å². The lowest BCUT2D eigenvalue weighted by molar-refractivity contribution is 1.14. The van der Waals surface area contributed by atoms with Gasteiger partial charge in [-0.15, -0.1) is 0 Å². The van der Waals surface area contributed by atoms with Crippen LogP contribution in [0.3, 0.4) is 0 Å². The van der Waals surface area contributed by atoms with Crippen molar-refractivity contribution in [3.63, 3.8) is 0 Å². The summed E-state index contributed by atoms with van der Waals surface area (Å²) >= 11 is 0. The molecule has 2 nitrogen and oxygen atoms in total. The first-order chi connectivity index (χ1) is 26.8. The zero-order chi connectivity index (χ0) is 35.6. The standard InChI is InChI=1S/C52H34N2/c1-2-19-41(20-3-1)54-50-34-38(44-25-13-17-36-15-6-7-22-43(36)44)30-31-47(50)51(52(54)40-29-28-35-14-4-5-16-37(35)32-40)39-18-12-21-42(33-39)53-48-26-10-8-23-45(48)46-24-9-11-27-49(46)53/h1-34H. The summed E-state index contributed by atoms with van der Waals surface area (Å²) in [6.07, 6.45) is 0. The van der Waals surface area contributed by atoms with Crippen LogP contribution in [-0.2, 0) is 0 Å².